The van der Waals surface area contributed by atoms with Crippen LogP contribution >= 0.6 is 0 Å². The van der Waals surface area contributed by atoms with Crippen molar-refractivity contribution in [3.05, 3.63) is 41.6 Å². The maximum Gasteiger partial charge on any atom is 0.228 e. The highest BCUT2D eigenvalue weighted by atomic mass is 16.3. The van der Waals surface area contributed by atoms with Crippen LogP contribution in [0.5, 0.6) is 0 Å². The lowest BCUT2D eigenvalue weighted by Crippen LogP contribution is -2.48. The van der Waals surface area contributed by atoms with E-state index in [4.69, 9.17) is 0 Å². The van der Waals surface area contributed by atoms with Crippen LogP contribution in [0.4, 0.5) is 0 Å². The second kappa shape index (κ2) is 6.32. The first-order valence-corrected chi connectivity index (χ1v) is 9.05. The Hall–Kier alpha value is -2.11. The van der Waals surface area contributed by atoms with E-state index in [1.54, 1.807) is 0 Å². The zero-order valence-corrected chi connectivity index (χ0v) is 14.7. The number of carbonyl (C=O) groups is 1. The second-order valence-electron chi connectivity index (χ2n) is 7.23. The van der Waals surface area contributed by atoms with Gasteiger partial charge in [0, 0.05) is 29.7 Å². The van der Waals surface area contributed by atoms with Crippen LogP contribution in [0.1, 0.15) is 24.5 Å². The molecule has 1 aliphatic heterocycles. The third-order valence-corrected chi connectivity index (χ3v) is 5.66. The average Bonchev–Trinajstić information content (AvgIpc) is 3.04. The molecule has 132 valence electrons. The smallest absolute Gasteiger partial charge is 0.228 e. The summed E-state index contributed by atoms with van der Waals surface area (Å²) in [5, 5.41) is 13.6. The molecule has 0 unspecified atom stereocenters. The molecule has 0 saturated heterocycles. The van der Waals surface area contributed by atoms with Crippen LogP contribution in [0.2, 0.25) is 0 Å². The number of rotatable bonds is 4. The molecule has 5 heteroatoms. The van der Waals surface area contributed by atoms with E-state index in [2.05, 4.69) is 52.7 Å². The molecule has 0 bridgehead atoms. The van der Waals surface area contributed by atoms with E-state index in [1.165, 1.54) is 22.1 Å². The van der Waals surface area contributed by atoms with Crippen molar-refractivity contribution in [2.24, 2.45) is 5.92 Å². The number of H-pyrrole nitrogens is 1. The number of hydrogen-bond donors (Lipinski definition) is 3. The highest BCUT2D eigenvalue weighted by Gasteiger charge is 2.35. The van der Waals surface area contributed by atoms with Crippen LogP contribution in [0.15, 0.2) is 30.5 Å². The van der Waals surface area contributed by atoms with Crippen molar-refractivity contribution in [3.63, 3.8) is 0 Å². The minimum absolute atomic E-state index is 0.00532. The lowest BCUT2D eigenvalue weighted by Gasteiger charge is -2.39. The van der Waals surface area contributed by atoms with E-state index in [9.17, 15) is 9.90 Å². The maximum atomic E-state index is 12.7. The topological polar surface area (TPSA) is 68.4 Å². The summed E-state index contributed by atoms with van der Waals surface area (Å²) in [4.78, 5) is 18.3. The third kappa shape index (κ3) is 2.68. The molecule has 5 nitrogen and oxygen atoms in total. The number of amides is 1. The van der Waals surface area contributed by atoms with Crippen molar-refractivity contribution in [2.45, 2.75) is 31.8 Å². The number of nitrogens with one attached hydrogen (secondary N) is 2. The summed E-state index contributed by atoms with van der Waals surface area (Å²) in [5.41, 5.74) is 5.01. The monoisotopic (exact) mass is 339 g/mol. The molecule has 0 saturated carbocycles. The lowest BCUT2D eigenvalue weighted by molar-refractivity contribution is -0.125. The first-order valence-electron chi connectivity index (χ1n) is 9.05. The number of aromatic amines is 1. The molecule has 2 aromatic rings. The highest BCUT2D eigenvalue weighted by molar-refractivity contribution is 5.99. The van der Waals surface area contributed by atoms with Crippen LogP contribution < -0.4 is 5.32 Å². The molecule has 1 amide bonds. The van der Waals surface area contributed by atoms with Gasteiger partial charge in [-0.15, -0.1) is 0 Å². The summed E-state index contributed by atoms with van der Waals surface area (Å²) in [5.74, 6) is -0.182. The zero-order chi connectivity index (χ0) is 17.6. The Balaban J connectivity index is 1.71. The molecule has 0 radical (unpaired) electrons. The first kappa shape index (κ1) is 16.4. The summed E-state index contributed by atoms with van der Waals surface area (Å²) >= 11 is 0. The van der Waals surface area contributed by atoms with E-state index < -0.39 is 0 Å². The number of aliphatic hydroxyl groups excluding tert-OH is 1. The van der Waals surface area contributed by atoms with Gasteiger partial charge in [-0.3, -0.25) is 9.69 Å². The van der Waals surface area contributed by atoms with Gasteiger partial charge < -0.3 is 15.4 Å². The lowest BCUT2D eigenvalue weighted by atomic mass is 9.80. The van der Waals surface area contributed by atoms with Crippen LogP contribution in [0.25, 0.3) is 16.5 Å². The van der Waals surface area contributed by atoms with Crippen LogP contribution in [-0.2, 0) is 11.2 Å². The Morgan fingerprint density at radius 2 is 2.32 bits per heavy atom. The van der Waals surface area contributed by atoms with Gasteiger partial charge in [0.25, 0.3) is 0 Å². The molecule has 25 heavy (non-hydrogen) atoms. The summed E-state index contributed by atoms with van der Waals surface area (Å²) in [6.07, 6.45) is 5.97. The van der Waals surface area contributed by atoms with Gasteiger partial charge in [0.1, 0.15) is 0 Å². The average molecular weight is 339 g/mol. The Morgan fingerprint density at radius 1 is 1.48 bits per heavy atom. The van der Waals surface area contributed by atoms with Gasteiger partial charge in [0.2, 0.25) is 5.91 Å². The molecule has 0 spiro atoms. The van der Waals surface area contributed by atoms with Gasteiger partial charge in [-0.1, -0.05) is 25.1 Å². The van der Waals surface area contributed by atoms with Gasteiger partial charge >= 0.3 is 0 Å². The van der Waals surface area contributed by atoms with Crippen LogP contribution in [0, 0.1) is 5.92 Å². The molecule has 3 atom stereocenters. The van der Waals surface area contributed by atoms with Crippen molar-refractivity contribution >= 4 is 22.4 Å². The molecule has 2 aliphatic rings. The number of fused-ring (bicyclic) bond motifs is 2. The summed E-state index contributed by atoms with van der Waals surface area (Å²) < 4.78 is 0. The second-order valence-corrected chi connectivity index (χ2v) is 7.23. The molecular formula is C20H25N3O2. The molecular weight excluding hydrogens is 314 g/mol. The molecule has 1 aromatic heterocycles. The Kier molecular flexibility index (Phi) is 4.13. The fourth-order valence-corrected chi connectivity index (χ4v) is 4.20. The molecule has 1 aromatic carbocycles. The van der Waals surface area contributed by atoms with Crippen molar-refractivity contribution in [1.82, 2.24) is 15.2 Å². The Labute approximate surface area is 147 Å². The van der Waals surface area contributed by atoms with E-state index >= 15 is 0 Å². The summed E-state index contributed by atoms with van der Waals surface area (Å²) in [6.45, 7) is 2.66. The summed E-state index contributed by atoms with van der Waals surface area (Å²) in [7, 11) is 2.10. The van der Waals surface area contributed by atoms with Gasteiger partial charge in [-0.2, -0.15) is 0 Å². The quantitative estimate of drug-likeness (QED) is 0.797. The van der Waals surface area contributed by atoms with Crippen molar-refractivity contribution in [2.75, 3.05) is 20.2 Å². The van der Waals surface area contributed by atoms with Crippen LogP contribution in [0.3, 0.4) is 0 Å². The normalized spacial score (nSPS) is 23.9. The largest absolute Gasteiger partial charge is 0.394 e. The van der Waals surface area contributed by atoms with Crippen molar-refractivity contribution < 1.29 is 9.90 Å². The van der Waals surface area contributed by atoms with Gasteiger partial charge in [-0.25, -0.2) is 0 Å². The number of aliphatic hydroxyl groups is 1. The number of nitrogens with zero attached hydrogens (tertiary/aromatic N) is 1. The first-order chi connectivity index (χ1) is 12.1. The standard InChI is InChI=1S/C20H25N3O2/c1-3-14(11-24)22-20(25)13-7-16-15-5-4-6-17-19(15)12(9-21-17)8-18(16)23(2)10-13/h4-7,9,13-14,18,21,24H,3,8,10-11H2,1-2H3,(H,22,25)/t13-,14+,18+/m1/s1. The molecule has 1 aliphatic carbocycles. The number of carbonyl (C=O) groups excluding carboxylic acids is 1. The van der Waals surface area contributed by atoms with E-state index in [1.807, 2.05) is 6.92 Å². The van der Waals surface area contributed by atoms with Crippen molar-refractivity contribution in [3.8, 4) is 0 Å². The third-order valence-electron chi connectivity index (χ3n) is 5.66. The van der Waals surface area contributed by atoms with E-state index in [0.29, 0.717) is 12.6 Å². The molecule has 2 heterocycles. The van der Waals surface area contributed by atoms with Crippen molar-refractivity contribution in [1.29, 1.82) is 0 Å². The predicted octanol–water partition coefficient (Wildman–Crippen LogP) is 1.92. The molecule has 4 rings (SSSR count). The van der Waals surface area contributed by atoms with Crippen LogP contribution in [-0.4, -0.2) is 53.2 Å². The van der Waals surface area contributed by atoms with Gasteiger partial charge in [0.15, 0.2) is 0 Å². The fraction of sp³-hybridized carbons (Fsp3) is 0.450. The molecule has 0 fully saturated rings. The zero-order valence-electron chi connectivity index (χ0n) is 14.7. The minimum Gasteiger partial charge on any atom is -0.394 e. The fourth-order valence-electron chi connectivity index (χ4n) is 4.20. The summed E-state index contributed by atoms with van der Waals surface area (Å²) in [6, 6.07) is 6.49. The number of hydrogen-bond acceptors (Lipinski definition) is 3. The SMILES string of the molecule is CC[C@@H](CO)NC(=O)[C@@H]1C=C2c3cccc4[nH]cc(c34)C[C@@H]2N(C)C1. The highest BCUT2D eigenvalue weighted by Crippen LogP contribution is 2.40. The van der Waals surface area contributed by atoms with E-state index in [0.717, 1.165) is 18.4 Å². The number of aromatic nitrogens is 1. The molecule has 3 N–H and O–H groups in total. The predicted molar refractivity (Wildman–Crippen MR) is 99.2 cm³/mol. The number of benzene rings is 1. The van der Waals surface area contributed by atoms with E-state index in [-0.39, 0.29) is 24.5 Å². The Bertz CT molecular complexity index is 835. The minimum atomic E-state index is -0.187. The number of likely N-dealkylation sites (N-methyl/N-ethyl adjacent to an activating group) is 1. The Morgan fingerprint density at radius 3 is 3.08 bits per heavy atom. The van der Waals surface area contributed by atoms with Gasteiger partial charge in [-0.05, 0) is 42.7 Å². The maximum absolute atomic E-state index is 12.7. The van der Waals surface area contributed by atoms with Gasteiger partial charge in [0.05, 0.1) is 18.6 Å².